The van der Waals surface area contributed by atoms with E-state index in [-0.39, 0.29) is 0 Å². The molecule has 1 N–H and O–H groups in total. The molecule has 2 nitrogen and oxygen atoms in total. The van der Waals surface area contributed by atoms with E-state index < -0.39 is 0 Å². The average Bonchev–Trinajstić information content (AvgIpc) is 2.77. The number of aliphatic imine (C=N–C) groups is 1. The zero-order chi connectivity index (χ0) is 11.4. The van der Waals surface area contributed by atoms with Crippen LogP contribution in [0.5, 0.6) is 0 Å². The number of rotatable bonds is 3. The summed E-state index contributed by atoms with van der Waals surface area (Å²) in [4.78, 5) is 4.78. The Labute approximate surface area is 107 Å². The minimum absolute atomic E-state index is 0.571. The number of thioether (sulfide) groups is 2. The molecule has 4 heteroatoms. The fourth-order valence-electron chi connectivity index (χ4n) is 2.39. The molecule has 0 aromatic rings. The molecule has 3 unspecified atom stereocenters. The molecule has 1 saturated carbocycles. The molecular weight excluding hydrogens is 236 g/mol. The van der Waals surface area contributed by atoms with Gasteiger partial charge in [-0.05, 0) is 38.4 Å². The van der Waals surface area contributed by atoms with Gasteiger partial charge in [-0.25, -0.2) is 0 Å². The monoisotopic (exact) mass is 258 g/mol. The van der Waals surface area contributed by atoms with Crippen LogP contribution in [0.2, 0.25) is 0 Å². The molecular formula is C12H22N2S2. The van der Waals surface area contributed by atoms with Crippen molar-refractivity contribution in [1.29, 1.82) is 0 Å². The number of hydrogen-bond donors (Lipinski definition) is 1. The maximum absolute atomic E-state index is 4.78. The van der Waals surface area contributed by atoms with Crippen LogP contribution in [0, 0.1) is 0 Å². The predicted octanol–water partition coefficient (Wildman–Crippen LogP) is 3.13. The van der Waals surface area contributed by atoms with Gasteiger partial charge in [0.2, 0.25) is 0 Å². The van der Waals surface area contributed by atoms with Crippen LogP contribution in [0.3, 0.4) is 0 Å². The maximum atomic E-state index is 4.78. The van der Waals surface area contributed by atoms with Crippen LogP contribution in [0.15, 0.2) is 4.99 Å². The second kappa shape index (κ2) is 6.20. The van der Waals surface area contributed by atoms with Crippen molar-refractivity contribution < 1.29 is 0 Å². The molecule has 1 aliphatic carbocycles. The van der Waals surface area contributed by atoms with Crippen molar-refractivity contribution in [3.05, 3.63) is 0 Å². The van der Waals surface area contributed by atoms with E-state index in [1.54, 1.807) is 0 Å². The summed E-state index contributed by atoms with van der Waals surface area (Å²) in [5.74, 6) is 1.24. The van der Waals surface area contributed by atoms with Gasteiger partial charge in [-0.3, -0.25) is 4.99 Å². The fraction of sp³-hybridized carbons (Fsp3) is 0.917. The van der Waals surface area contributed by atoms with Crippen molar-refractivity contribution in [2.75, 3.05) is 12.0 Å². The Morgan fingerprint density at radius 3 is 3.00 bits per heavy atom. The van der Waals surface area contributed by atoms with Crippen LogP contribution in [-0.2, 0) is 0 Å². The van der Waals surface area contributed by atoms with Crippen LogP contribution in [0.25, 0.3) is 0 Å². The molecule has 0 radical (unpaired) electrons. The SMILES string of the molecule is CCC1CCSC(NC2CCC(SC)C2)=N1. The van der Waals surface area contributed by atoms with Crippen molar-refractivity contribution in [1.82, 2.24) is 5.32 Å². The molecule has 0 spiro atoms. The first kappa shape index (κ1) is 12.6. The normalized spacial score (nSPS) is 34.9. The Balaban J connectivity index is 1.83. The number of hydrogen-bond acceptors (Lipinski definition) is 4. The summed E-state index contributed by atoms with van der Waals surface area (Å²) in [5, 5.41) is 5.73. The third-order valence-corrected chi connectivity index (χ3v) is 5.54. The van der Waals surface area contributed by atoms with E-state index in [0.29, 0.717) is 12.1 Å². The lowest BCUT2D eigenvalue weighted by molar-refractivity contribution is 0.604. The van der Waals surface area contributed by atoms with Crippen molar-refractivity contribution in [2.24, 2.45) is 4.99 Å². The summed E-state index contributed by atoms with van der Waals surface area (Å²) >= 11 is 3.93. The zero-order valence-corrected chi connectivity index (χ0v) is 11.9. The number of nitrogens with one attached hydrogen (secondary N) is 1. The van der Waals surface area contributed by atoms with Crippen LogP contribution < -0.4 is 5.32 Å². The summed E-state index contributed by atoms with van der Waals surface area (Å²) in [5.41, 5.74) is 0. The maximum Gasteiger partial charge on any atom is 0.157 e. The molecule has 0 aromatic carbocycles. The number of nitrogens with zero attached hydrogens (tertiary/aromatic N) is 1. The molecule has 3 atom stereocenters. The summed E-state index contributed by atoms with van der Waals surface area (Å²) in [7, 11) is 0. The first-order valence-corrected chi connectivity index (χ1v) is 8.59. The van der Waals surface area contributed by atoms with E-state index in [1.807, 2.05) is 23.5 Å². The summed E-state index contributed by atoms with van der Waals surface area (Å²) < 4.78 is 0. The van der Waals surface area contributed by atoms with E-state index in [4.69, 9.17) is 4.99 Å². The van der Waals surface area contributed by atoms with Crippen LogP contribution >= 0.6 is 23.5 Å². The second-order valence-corrected chi connectivity index (χ2v) is 6.87. The van der Waals surface area contributed by atoms with Gasteiger partial charge in [-0.15, -0.1) is 0 Å². The van der Waals surface area contributed by atoms with Crippen molar-refractivity contribution in [3.8, 4) is 0 Å². The lowest BCUT2D eigenvalue weighted by Crippen LogP contribution is -2.34. The van der Waals surface area contributed by atoms with Crippen molar-refractivity contribution in [3.63, 3.8) is 0 Å². The van der Waals surface area contributed by atoms with Gasteiger partial charge in [0.25, 0.3) is 0 Å². The Hall–Kier alpha value is 0.170. The van der Waals surface area contributed by atoms with Gasteiger partial charge in [0.1, 0.15) is 0 Å². The Bertz CT molecular complexity index is 255. The van der Waals surface area contributed by atoms with Crippen molar-refractivity contribution >= 4 is 28.7 Å². The molecule has 0 aromatic heterocycles. The molecule has 1 fully saturated rings. The topological polar surface area (TPSA) is 24.4 Å². The molecule has 1 heterocycles. The van der Waals surface area contributed by atoms with E-state index >= 15 is 0 Å². The molecule has 2 aliphatic rings. The molecule has 0 amide bonds. The van der Waals surface area contributed by atoms with Gasteiger partial charge < -0.3 is 5.32 Å². The largest absolute Gasteiger partial charge is 0.362 e. The first-order valence-electron chi connectivity index (χ1n) is 6.31. The van der Waals surface area contributed by atoms with Gasteiger partial charge >= 0.3 is 0 Å². The van der Waals surface area contributed by atoms with Crippen LogP contribution in [0.1, 0.15) is 39.0 Å². The third kappa shape index (κ3) is 3.33. The quantitative estimate of drug-likeness (QED) is 0.841. The van der Waals surface area contributed by atoms with Crippen LogP contribution in [0.4, 0.5) is 0 Å². The average molecular weight is 258 g/mol. The van der Waals surface area contributed by atoms with E-state index in [1.165, 1.54) is 43.0 Å². The first-order chi connectivity index (χ1) is 7.81. The molecule has 2 rings (SSSR count). The van der Waals surface area contributed by atoms with Gasteiger partial charge in [0, 0.05) is 17.0 Å². The fourth-order valence-corrected chi connectivity index (χ4v) is 4.25. The van der Waals surface area contributed by atoms with E-state index in [0.717, 1.165) is 5.25 Å². The highest BCUT2D eigenvalue weighted by atomic mass is 32.2. The lowest BCUT2D eigenvalue weighted by atomic mass is 10.2. The van der Waals surface area contributed by atoms with Crippen molar-refractivity contribution in [2.45, 2.75) is 56.4 Å². The van der Waals surface area contributed by atoms with Gasteiger partial charge in [-0.1, -0.05) is 18.7 Å². The van der Waals surface area contributed by atoms with E-state index in [2.05, 4.69) is 18.5 Å². The predicted molar refractivity (Wildman–Crippen MR) is 76.7 cm³/mol. The molecule has 16 heavy (non-hydrogen) atoms. The number of amidine groups is 1. The third-order valence-electron chi connectivity index (χ3n) is 3.51. The molecule has 0 bridgehead atoms. The van der Waals surface area contributed by atoms with Gasteiger partial charge in [-0.2, -0.15) is 11.8 Å². The summed E-state index contributed by atoms with van der Waals surface area (Å²) in [6.07, 6.45) is 8.68. The highest BCUT2D eigenvalue weighted by Crippen LogP contribution is 2.29. The molecule has 92 valence electrons. The minimum Gasteiger partial charge on any atom is -0.362 e. The van der Waals surface area contributed by atoms with E-state index in [9.17, 15) is 0 Å². The standard InChI is InChI=1S/C12H22N2S2/c1-3-9-6-7-16-12(13-9)14-10-4-5-11(8-10)15-2/h9-11H,3-8H2,1-2H3,(H,13,14). The van der Waals surface area contributed by atoms with Gasteiger partial charge in [0.15, 0.2) is 5.17 Å². The highest BCUT2D eigenvalue weighted by Gasteiger charge is 2.25. The minimum atomic E-state index is 0.571. The Kier molecular flexibility index (Phi) is 4.89. The molecule has 0 saturated heterocycles. The zero-order valence-electron chi connectivity index (χ0n) is 10.2. The van der Waals surface area contributed by atoms with Crippen LogP contribution in [-0.4, -0.2) is 34.5 Å². The lowest BCUT2D eigenvalue weighted by Gasteiger charge is -2.22. The second-order valence-electron chi connectivity index (χ2n) is 4.65. The Morgan fingerprint density at radius 1 is 1.44 bits per heavy atom. The summed E-state index contributed by atoms with van der Waals surface area (Å²) in [6.45, 7) is 2.24. The van der Waals surface area contributed by atoms with Gasteiger partial charge in [0.05, 0.1) is 6.04 Å². The smallest absolute Gasteiger partial charge is 0.157 e. The molecule has 1 aliphatic heterocycles. The summed E-state index contributed by atoms with van der Waals surface area (Å²) in [6, 6.07) is 1.25. The highest BCUT2D eigenvalue weighted by molar-refractivity contribution is 8.13. The Morgan fingerprint density at radius 2 is 2.31 bits per heavy atom.